The van der Waals surface area contributed by atoms with Crippen LogP contribution in [0.1, 0.15) is 39.3 Å². The summed E-state index contributed by atoms with van der Waals surface area (Å²) in [5, 5.41) is 13.9. The first kappa shape index (κ1) is 25.2. The Kier molecular flexibility index (Phi) is 6.93. The molecule has 11 heteroatoms. The molecule has 2 aliphatic heterocycles. The Morgan fingerprint density at radius 3 is 2.39 bits per heavy atom. The predicted molar refractivity (Wildman–Crippen MR) is 134 cm³/mol. The Morgan fingerprint density at radius 2 is 1.71 bits per heavy atom. The molecule has 3 heterocycles. The van der Waals surface area contributed by atoms with E-state index in [2.05, 4.69) is 5.32 Å². The lowest BCUT2D eigenvalue weighted by molar-refractivity contribution is -0.384. The molecule has 2 saturated heterocycles. The third kappa shape index (κ3) is 4.88. The van der Waals surface area contributed by atoms with Gasteiger partial charge in [-0.05, 0) is 30.3 Å². The Balaban J connectivity index is 1.35. The second kappa shape index (κ2) is 10.5. The Labute approximate surface area is 218 Å². The van der Waals surface area contributed by atoms with Crippen LogP contribution in [0.4, 0.5) is 5.69 Å². The van der Waals surface area contributed by atoms with Gasteiger partial charge in [0.25, 0.3) is 17.5 Å². The van der Waals surface area contributed by atoms with Crippen molar-refractivity contribution in [2.45, 2.75) is 31.2 Å². The Hall–Kier alpha value is -4.51. The van der Waals surface area contributed by atoms with Crippen LogP contribution in [0.15, 0.2) is 77.4 Å². The van der Waals surface area contributed by atoms with E-state index in [-0.39, 0.29) is 68.1 Å². The maximum absolute atomic E-state index is 13.7. The predicted octanol–water partition coefficient (Wildman–Crippen LogP) is 2.98. The van der Waals surface area contributed by atoms with Crippen molar-refractivity contribution in [2.24, 2.45) is 0 Å². The smallest absolute Gasteiger partial charge is 0.270 e. The number of likely N-dealkylation sites (tertiary alicyclic amines) is 1. The number of rotatable bonds is 6. The quantitative estimate of drug-likeness (QED) is 0.391. The van der Waals surface area contributed by atoms with Crippen LogP contribution < -0.4 is 5.32 Å². The fourth-order valence-electron chi connectivity index (χ4n) is 4.99. The first-order valence-electron chi connectivity index (χ1n) is 12.2. The molecule has 1 spiro atoms. The number of carbonyl (C=O) groups is 3. The van der Waals surface area contributed by atoms with Crippen LogP contribution in [0, 0.1) is 10.1 Å². The number of hydrogen-bond acceptors (Lipinski definition) is 7. The van der Waals surface area contributed by atoms with Gasteiger partial charge in [0.2, 0.25) is 5.91 Å². The Morgan fingerprint density at radius 1 is 0.974 bits per heavy atom. The topological polar surface area (TPSA) is 135 Å². The van der Waals surface area contributed by atoms with Gasteiger partial charge in [-0.3, -0.25) is 29.4 Å². The molecule has 3 amide bonds. The Bertz CT molecular complexity index is 1330. The molecule has 1 unspecified atom stereocenters. The van der Waals surface area contributed by atoms with Gasteiger partial charge in [0.1, 0.15) is 17.5 Å². The summed E-state index contributed by atoms with van der Waals surface area (Å²) in [6, 6.07) is 16.9. The normalized spacial score (nSPS) is 18.4. The second-order valence-corrected chi connectivity index (χ2v) is 9.21. The van der Waals surface area contributed by atoms with Gasteiger partial charge in [0, 0.05) is 49.2 Å². The molecule has 38 heavy (non-hydrogen) atoms. The summed E-state index contributed by atoms with van der Waals surface area (Å²) in [4.78, 5) is 53.7. The van der Waals surface area contributed by atoms with E-state index in [1.807, 2.05) is 0 Å². The first-order chi connectivity index (χ1) is 18.4. The number of nitrogens with one attached hydrogen (secondary N) is 1. The molecule has 2 aromatic carbocycles. The molecule has 3 aromatic rings. The molecule has 1 aromatic heterocycles. The number of nitrogens with zero attached hydrogens (tertiary/aromatic N) is 3. The van der Waals surface area contributed by atoms with Gasteiger partial charge in [-0.15, -0.1) is 0 Å². The number of carbonyl (C=O) groups excluding carboxylic acids is 3. The summed E-state index contributed by atoms with van der Waals surface area (Å²) >= 11 is 0. The number of nitro benzene ring substituents is 1. The maximum Gasteiger partial charge on any atom is 0.270 e. The summed E-state index contributed by atoms with van der Waals surface area (Å²) in [6.45, 7) is 0.692. The first-order valence-corrected chi connectivity index (χ1v) is 12.2. The fraction of sp³-hybridized carbons (Fsp3) is 0.296. The van der Waals surface area contributed by atoms with E-state index < -0.39 is 16.7 Å². The molecule has 2 fully saturated rings. The summed E-state index contributed by atoms with van der Waals surface area (Å²) in [5.41, 5.74) is -0.586. The van der Waals surface area contributed by atoms with Crippen LogP contribution >= 0.6 is 0 Å². The molecule has 11 nitrogen and oxygen atoms in total. The minimum absolute atomic E-state index is 0.0153. The van der Waals surface area contributed by atoms with E-state index >= 15 is 0 Å². The zero-order valence-corrected chi connectivity index (χ0v) is 20.4. The zero-order valence-electron chi connectivity index (χ0n) is 20.4. The van der Waals surface area contributed by atoms with Gasteiger partial charge in [-0.1, -0.05) is 24.3 Å². The zero-order chi connectivity index (χ0) is 26.7. The third-order valence-electron chi connectivity index (χ3n) is 6.96. The van der Waals surface area contributed by atoms with E-state index in [9.17, 15) is 24.5 Å². The van der Waals surface area contributed by atoms with Crippen LogP contribution in [-0.2, 0) is 16.1 Å². The van der Waals surface area contributed by atoms with Gasteiger partial charge < -0.3 is 19.4 Å². The standard InChI is InChI=1S/C27H26N4O7/c32-24(28-17-22-10-5-15-37-22)23-18-38-27(30(23)26(34)19-6-2-1-3-7-19)11-13-29(14-12-27)25(33)20-8-4-9-21(16-20)31(35)36/h1-10,15-16,23H,11-14,17-18H2,(H,28,32). The molecule has 196 valence electrons. The van der Waals surface area contributed by atoms with Crippen LogP contribution in [0.3, 0.4) is 0 Å². The number of benzene rings is 2. The average molecular weight is 519 g/mol. The summed E-state index contributed by atoms with van der Waals surface area (Å²) in [6.07, 6.45) is 2.09. The van der Waals surface area contributed by atoms with Crippen molar-refractivity contribution >= 4 is 23.4 Å². The molecule has 0 radical (unpaired) electrons. The number of nitro groups is 1. The van der Waals surface area contributed by atoms with Gasteiger partial charge in [0.15, 0.2) is 0 Å². The highest BCUT2D eigenvalue weighted by molar-refractivity contribution is 5.98. The average Bonchev–Trinajstić information content (AvgIpc) is 3.60. The van der Waals surface area contributed by atoms with Crippen molar-refractivity contribution < 1.29 is 28.5 Å². The van der Waals surface area contributed by atoms with Gasteiger partial charge in [-0.2, -0.15) is 0 Å². The highest BCUT2D eigenvalue weighted by Gasteiger charge is 2.54. The van der Waals surface area contributed by atoms with Crippen molar-refractivity contribution in [3.63, 3.8) is 0 Å². The van der Waals surface area contributed by atoms with Gasteiger partial charge in [-0.25, -0.2) is 0 Å². The molecule has 0 saturated carbocycles. The molecular formula is C27H26N4O7. The summed E-state index contributed by atoms with van der Waals surface area (Å²) < 4.78 is 11.5. The number of amides is 3. The molecule has 2 aliphatic rings. The number of hydrogen-bond donors (Lipinski definition) is 1. The lowest BCUT2D eigenvalue weighted by Gasteiger charge is -2.44. The van der Waals surface area contributed by atoms with Crippen molar-refractivity contribution in [2.75, 3.05) is 19.7 Å². The van der Waals surface area contributed by atoms with Crippen LogP contribution in [0.2, 0.25) is 0 Å². The van der Waals surface area contributed by atoms with Crippen LogP contribution in [0.5, 0.6) is 0 Å². The minimum Gasteiger partial charge on any atom is -0.467 e. The van der Waals surface area contributed by atoms with Crippen molar-refractivity contribution in [1.82, 2.24) is 15.1 Å². The van der Waals surface area contributed by atoms with E-state index in [4.69, 9.17) is 9.15 Å². The number of furan rings is 1. The van der Waals surface area contributed by atoms with E-state index in [0.29, 0.717) is 11.3 Å². The molecule has 1 N–H and O–H groups in total. The molecule has 1 atom stereocenters. The van der Waals surface area contributed by atoms with Crippen molar-refractivity contribution in [3.05, 3.63) is 100.0 Å². The summed E-state index contributed by atoms with van der Waals surface area (Å²) in [5.74, 6) is -0.450. The van der Waals surface area contributed by atoms with Gasteiger partial charge >= 0.3 is 0 Å². The summed E-state index contributed by atoms with van der Waals surface area (Å²) in [7, 11) is 0. The SMILES string of the molecule is O=C(NCc1ccco1)C1COC2(CCN(C(=O)c3cccc([N+](=O)[O-])c3)CC2)N1C(=O)c1ccccc1. The number of ether oxygens (including phenoxy) is 1. The number of piperidine rings is 1. The van der Waals surface area contributed by atoms with Crippen LogP contribution in [0.25, 0.3) is 0 Å². The van der Waals surface area contributed by atoms with Crippen molar-refractivity contribution in [1.29, 1.82) is 0 Å². The fourth-order valence-corrected chi connectivity index (χ4v) is 4.99. The highest BCUT2D eigenvalue weighted by Crippen LogP contribution is 2.39. The maximum atomic E-state index is 13.7. The number of non-ortho nitro benzene ring substituents is 1. The minimum atomic E-state index is -1.07. The van der Waals surface area contributed by atoms with E-state index in [0.717, 1.165) is 0 Å². The third-order valence-corrected chi connectivity index (χ3v) is 6.96. The molecular weight excluding hydrogens is 492 g/mol. The monoisotopic (exact) mass is 518 g/mol. The second-order valence-electron chi connectivity index (χ2n) is 9.21. The van der Waals surface area contributed by atoms with Crippen molar-refractivity contribution in [3.8, 4) is 0 Å². The molecule has 0 bridgehead atoms. The highest BCUT2D eigenvalue weighted by atomic mass is 16.6. The van der Waals surface area contributed by atoms with Gasteiger partial charge in [0.05, 0.1) is 24.3 Å². The lowest BCUT2D eigenvalue weighted by atomic mass is 9.96. The van der Waals surface area contributed by atoms with Crippen LogP contribution in [-0.4, -0.2) is 63.9 Å². The molecule has 5 rings (SSSR count). The van der Waals surface area contributed by atoms with E-state index in [1.54, 1.807) is 47.4 Å². The molecule has 0 aliphatic carbocycles. The lowest BCUT2D eigenvalue weighted by Crippen LogP contribution is -2.59. The van der Waals surface area contributed by atoms with E-state index in [1.165, 1.54) is 35.4 Å². The largest absolute Gasteiger partial charge is 0.467 e.